The molecule has 1 rings (SSSR count). The van der Waals surface area contributed by atoms with Gasteiger partial charge in [-0.3, -0.25) is 0 Å². The topological polar surface area (TPSA) is 60.8 Å². The first-order chi connectivity index (χ1) is 6.15. The van der Waals surface area contributed by atoms with E-state index in [2.05, 4.69) is 0 Å². The molecule has 4 heteroatoms. The summed E-state index contributed by atoms with van der Waals surface area (Å²) in [5, 5.41) is 18.1. The third-order valence-electron chi connectivity index (χ3n) is 2.69. The number of hydrogen-bond acceptors (Lipinski definition) is 2. The van der Waals surface area contributed by atoms with E-state index in [1.165, 1.54) is 4.90 Å². The molecule has 1 aliphatic carbocycles. The van der Waals surface area contributed by atoms with Crippen molar-refractivity contribution in [3.8, 4) is 0 Å². The lowest BCUT2D eigenvalue weighted by atomic mass is 9.92. The molecule has 1 aliphatic rings. The zero-order chi connectivity index (χ0) is 9.84. The molecular weight excluding hydrogens is 170 g/mol. The van der Waals surface area contributed by atoms with Gasteiger partial charge in [-0.1, -0.05) is 0 Å². The molecule has 2 N–H and O–H groups in total. The van der Waals surface area contributed by atoms with Crippen LogP contribution in [0, 0.1) is 0 Å². The van der Waals surface area contributed by atoms with Crippen LogP contribution < -0.4 is 0 Å². The van der Waals surface area contributed by atoms with Crippen molar-refractivity contribution in [2.24, 2.45) is 0 Å². The fourth-order valence-electron chi connectivity index (χ4n) is 1.92. The first-order valence-electron chi connectivity index (χ1n) is 4.82. The van der Waals surface area contributed by atoms with E-state index in [0.29, 0.717) is 6.54 Å². The molecule has 4 nitrogen and oxygen atoms in total. The van der Waals surface area contributed by atoms with Gasteiger partial charge in [0.05, 0.1) is 6.10 Å². The molecular formula is C9H17NO3. The van der Waals surface area contributed by atoms with Crippen molar-refractivity contribution in [1.82, 2.24) is 4.90 Å². The number of aliphatic hydroxyl groups excluding tert-OH is 1. The highest BCUT2D eigenvalue weighted by Crippen LogP contribution is 2.22. The summed E-state index contributed by atoms with van der Waals surface area (Å²) in [5.41, 5.74) is 0. The van der Waals surface area contributed by atoms with Crippen molar-refractivity contribution in [2.45, 2.75) is 44.8 Å². The van der Waals surface area contributed by atoms with Crippen molar-refractivity contribution >= 4 is 6.09 Å². The van der Waals surface area contributed by atoms with E-state index in [4.69, 9.17) is 5.11 Å². The molecule has 13 heavy (non-hydrogen) atoms. The molecule has 0 radical (unpaired) electrons. The van der Waals surface area contributed by atoms with Crippen LogP contribution in [0.15, 0.2) is 0 Å². The molecule has 0 spiro atoms. The quantitative estimate of drug-likeness (QED) is 0.684. The SMILES string of the molecule is CCN(C(=O)O)C1CCC(O)CC1. The zero-order valence-electron chi connectivity index (χ0n) is 7.94. The predicted octanol–water partition coefficient (Wildman–Crippen LogP) is 1.29. The standard InChI is InChI=1S/C9H17NO3/c1-2-10(9(12)13)7-3-5-8(11)6-4-7/h7-8,11H,2-6H2,1H3,(H,12,13). The predicted molar refractivity (Wildman–Crippen MR) is 48.7 cm³/mol. The summed E-state index contributed by atoms with van der Waals surface area (Å²) in [5.74, 6) is 0. The van der Waals surface area contributed by atoms with Gasteiger partial charge in [-0.25, -0.2) is 4.79 Å². The molecule has 76 valence electrons. The van der Waals surface area contributed by atoms with E-state index in [-0.39, 0.29) is 12.1 Å². The fraction of sp³-hybridized carbons (Fsp3) is 0.889. The van der Waals surface area contributed by atoms with Crippen molar-refractivity contribution in [1.29, 1.82) is 0 Å². The zero-order valence-corrected chi connectivity index (χ0v) is 7.94. The minimum atomic E-state index is -0.844. The van der Waals surface area contributed by atoms with Crippen LogP contribution >= 0.6 is 0 Å². The van der Waals surface area contributed by atoms with E-state index in [1.54, 1.807) is 0 Å². The second-order valence-corrected chi connectivity index (χ2v) is 3.53. The third-order valence-corrected chi connectivity index (χ3v) is 2.69. The fourth-order valence-corrected chi connectivity index (χ4v) is 1.92. The molecule has 0 aliphatic heterocycles. The smallest absolute Gasteiger partial charge is 0.407 e. The van der Waals surface area contributed by atoms with Crippen LogP contribution in [0.25, 0.3) is 0 Å². The molecule has 1 amide bonds. The molecule has 0 heterocycles. The lowest BCUT2D eigenvalue weighted by Gasteiger charge is -2.33. The Bertz CT molecular complexity index is 176. The van der Waals surface area contributed by atoms with Gasteiger partial charge < -0.3 is 15.1 Å². The van der Waals surface area contributed by atoms with Crippen molar-refractivity contribution in [2.75, 3.05) is 6.54 Å². The summed E-state index contributed by atoms with van der Waals surface area (Å²) in [6, 6.07) is 0.117. The molecule has 0 bridgehead atoms. The van der Waals surface area contributed by atoms with Crippen LogP contribution in [0.4, 0.5) is 4.79 Å². The van der Waals surface area contributed by atoms with E-state index in [1.807, 2.05) is 6.92 Å². The van der Waals surface area contributed by atoms with Crippen molar-refractivity contribution in [3.63, 3.8) is 0 Å². The maximum atomic E-state index is 10.8. The number of carboxylic acid groups (broad SMARTS) is 1. The summed E-state index contributed by atoms with van der Waals surface area (Å²) in [7, 11) is 0. The Morgan fingerprint density at radius 2 is 1.92 bits per heavy atom. The summed E-state index contributed by atoms with van der Waals surface area (Å²) >= 11 is 0. The number of rotatable bonds is 2. The summed E-state index contributed by atoms with van der Waals surface area (Å²) < 4.78 is 0. The first kappa shape index (κ1) is 10.3. The molecule has 1 saturated carbocycles. The number of nitrogens with zero attached hydrogens (tertiary/aromatic N) is 1. The Labute approximate surface area is 78.2 Å². The van der Waals surface area contributed by atoms with Crippen LogP contribution in [-0.2, 0) is 0 Å². The molecule has 0 aromatic rings. The van der Waals surface area contributed by atoms with Crippen LogP contribution in [0.2, 0.25) is 0 Å². The lowest BCUT2D eigenvalue weighted by Crippen LogP contribution is -2.42. The highest BCUT2D eigenvalue weighted by atomic mass is 16.4. The van der Waals surface area contributed by atoms with Gasteiger partial charge in [0.1, 0.15) is 0 Å². The Kier molecular flexibility index (Phi) is 3.54. The van der Waals surface area contributed by atoms with E-state index in [9.17, 15) is 9.90 Å². The number of carbonyl (C=O) groups is 1. The van der Waals surface area contributed by atoms with Crippen LogP contribution in [0.5, 0.6) is 0 Å². The Morgan fingerprint density at radius 1 is 1.38 bits per heavy atom. The van der Waals surface area contributed by atoms with Gasteiger partial charge in [-0.05, 0) is 32.6 Å². The van der Waals surface area contributed by atoms with Crippen molar-refractivity contribution in [3.05, 3.63) is 0 Å². The minimum absolute atomic E-state index is 0.117. The minimum Gasteiger partial charge on any atom is -0.465 e. The number of aliphatic hydroxyl groups is 1. The average Bonchev–Trinajstić information content (AvgIpc) is 2.09. The van der Waals surface area contributed by atoms with E-state index >= 15 is 0 Å². The Hall–Kier alpha value is -0.770. The maximum Gasteiger partial charge on any atom is 0.407 e. The van der Waals surface area contributed by atoms with Gasteiger partial charge in [-0.2, -0.15) is 0 Å². The molecule has 0 unspecified atom stereocenters. The summed E-state index contributed by atoms with van der Waals surface area (Å²) in [6.45, 7) is 2.38. The second-order valence-electron chi connectivity index (χ2n) is 3.53. The second kappa shape index (κ2) is 4.46. The highest BCUT2D eigenvalue weighted by Gasteiger charge is 2.26. The van der Waals surface area contributed by atoms with Gasteiger partial charge in [0.2, 0.25) is 0 Å². The first-order valence-corrected chi connectivity index (χ1v) is 4.82. The van der Waals surface area contributed by atoms with E-state index in [0.717, 1.165) is 25.7 Å². The molecule has 0 aromatic carbocycles. The third kappa shape index (κ3) is 2.59. The highest BCUT2D eigenvalue weighted by molar-refractivity contribution is 5.65. The molecule has 0 aromatic heterocycles. The Balaban J connectivity index is 2.46. The van der Waals surface area contributed by atoms with Crippen LogP contribution in [0.1, 0.15) is 32.6 Å². The van der Waals surface area contributed by atoms with Gasteiger partial charge in [0, 0.05) is 12.6 Å². The number of amides is 1. The normalized spacial score (nSPS) is 28.5. The Morgan fingerprint density at radius 3 is 2.31 bits per heavy atom. The monoisotopic (exact) mass is 187 g/mol. The van der Waals surface area contributed by atoms with Gasteiger partial charge in [0.15, 0.2) is 0 Å². The van der Waals surface area contributed by atoms with Gasteiger partial charge in [-0.15, -0.1) is 0 Å². The number of hydrogen-bond donors (Lipinski definition) is 2. The molecule has 1 fully saturated rings. The lowest BCUT2D eigenvalue weighted by molar-refractivity contribution is 0.0710. The molecule has 0 atom stereocenters. The van der Waals surface area contributed by atoms with Crippen LogP contribution in [0.3, 0.4) is 0 Å². The summed E-state index contributed by atoms with van der Waals surface area (Å²) in [6.07, 6.45) is 1.98. The van der Waals surface area contributed by atoms with Crippen LogP contribution in [-0.4, -0.2) is 39.9 Å². The largest absolute Gasteiger partial charge is 0.465 e. The maximum absolute atomic E-state index is 10.8. The van der Waals surface area contributed by atoms with E-state index < -0.39 is 6.09 Å². The molecule has 0 saturated heterocycles. The average molecular weight is 187 g/mol. The van der Waals surface area contributed by atoms with Gasteiger partial charge >= 0.3 is 6.09 Å². The van der Waals surface area contributed by atoms with Gasteiger partial charge in [0.25, 0.3) is 0 Å². The van der Waals surface area contributed by atoms with Crippen molar-refractivity contribution < 1.29 is 15.0 Å². The summed E-state index contributed by atoms with van der Waals surface area (Å²) in [4.78, 5) is 12.2.